The molecule has 1 aliphatic heterocycles. The van der Waals surface area contributed by atoms with Gasteiger partial charge in [-0.05, 0) is 39.3 Å². The lowest BCUT2D eigenvalue weighted by atomic mass is 9.94. The van der Waals surface area contributed by atoms with Crippen LogP contribution in [0.5, 0.6) is 0 Å². The lowest BCUT2D eigenvalue weighted by molar-refractivity contribution is 0.166. The van der Waals surface area contributed by atoms with Crippen LogP contribution in [0.2, 0.25) is 0 Å². The molecule has 1 atom stereocenters. The average molecular weight is 298 g/mol. The number of hydrogen-bond acceptors (Lipinski definition) is 6. The zero-order chi connectivity index (χ0) is 15.4. The Kier molecular flexibility index (Phi) is 4.58. The highest BCUT2D eigenvalue weighted by Gasteiger charge is 2.24. The first-order chi connectivity index (χ1) is 10.7. The van der Waals surface area contributed by atoms with Crippen molar-refractivity contribution in [2.24, 2.45) is 0 Å². The van der Waals surface area contributed by atoms with E-state index in [-0.39, 0.29) is 0 Å². The Bertz CT molecular complexity index is 601. The fourth-order valence-electron chi connectivity index (χ4n) is 2.87. The lowest BCUT2D eigenvalue weighted by Crippen LogP contribution is -2.39. The van der Waals surface area contributed by atoms with Gasteiger partial charge in [-0.2, -0.15) is 0 Å². The van der Waals surface area contributed by atoms with Crippen molar-refractivity contribution < 1.29 is 0 Å². The van der Waals surface area contributed by atoms with E-state index >= 15 is 0 Å². The molecule has 0 aliphatic carbocycles. The van der Waals surface area contributed by atoms with Gasteiger partial charge in [-0.25, -0.2) is 19.9 Å². The fraction of sp³-hybridized carbons (Fsp3) is 0.500. The predicted molar refractivity (Wildman–Crippen MR) is 86.0 cm³/mol. The molecule has 0 bridgehead atoms. The van der Waals surface area contributed by atoms with Gasteiger partial charge in [-0.15, -0.1) is 0 Å². The van der Waals surface area contributed by atoms with Gasteiger partial charge in [0, 0.05) is 24.7 Å². The lowest BCUT2D eigenvalue weighted by Gasteiger charge is -2.35. The molecule has 2 aromatic heterocycles. The summed E-state index contributed by atoms with van der Waals surface area (Å²) in [6.45, 7) is 6.77. The minimum atomic E-state index is 0.478. The van der Waals surface area contributed by atoms with Crippen LogP contribution in [0.15, 0.2) is 31.0 Å². The quantitative estimate of drug-likeness (QED) is 0.936. The van der Waals surface area contributed by atoms with Gasteiger partial charge in [0.25, 0.3) is 0 Å². The number of aromatic nitrogens is 4. The van der Waals surface area contributed by atoms with E-state index in [0.29, 0.717) is 17.9 Å². The maximum Gasteiger partial charge on any atom is 0.227 e. The molecule has 22 heavy (non-hydrogen) atoms. The molecule has 6 nitrogen and oxygen atoms in total. The van der Waals surface area contributed by atoms with Crippen LogP contribution >= 0.6 is 0 Å². The van der Waals surface area contributed by atoms with Gasteiger partial charge >= 0.3 is 0 Å². The number of likely N-dealkylation sites (tertiary alicyclic amines) is 1. The van der Waals surface area contributed by atoms with Crippen molar-refractivity contribution in [3.05, 3.63) is 36.7 Å². The average Bonchev–Trinajstić information content (AvgIpc) is 2.56. The molecule has 0 spiro atoms. The second-order valence-corrected chi connectivity index (χ2v) is 5.99. The van der Waals surface area contributed by atoms with Crippen LogP contribution in [0, 0.1) is 0 Å². The summed E-state index contributed by atoms with van der Waals surface area (Å²) in [4.78, 5) is 19.5. The number of hydrogen-bond donors (Lipinski definition) is 1. The standard InChI is InChI=1S/C16H22N6/c1-12(2)22-7-3-4-13(10-22)15-5-6-19-16(21-15)20-14-8-17-11-18-9-14/h5-6,8-9,11-13H,3-4,7,10H2,1-2H3,(H,19,20,21). The monoisotopic (exact) mass is 298 g/mol. The van der Waals surface area contributed by atoms with Gasteiger partial charge in [0.1, 0.15) is 6.33 Å². The van der Waals surface area contributed by atoms with Crippen molar-refractivity contribution in [2.75, 3.05) is 18.4 Å². The normalized spacial score (nSPS) is 19.3. The van der Waals surface area contributed by atoms with Crippen molar-refractivity contribution in [3.8, 4) is 0 Å². The van der Waals surface area contributed by atoms with E-state index in [2.05, 4.69) is 44.0 Å². The molecule has 116 valence electrons. The van der Waals surface area contributed by atoms with Crippen LogP contribution in [0.4, 0.5) is 11.6 Å². The number of nitrogens with zero attached hydrogens (tertiary/aromatic N) is 5. The molecule has 1 unspecified atom stereocenters. The molecule has 0 amide bonds. The minimum absolute atomic E-state index is 0.478. The first kappa shape index (κ1) is 14.8. The summed E-state index contributed by atoms with van der Waals surface area (Å²) in [7, 11) is 0. The Morgan fingerprint density at radius 3 is 2.86 bits per heavy atom. The topological polar surface area (TPSA) is 66.8 Å². The van der Waals surface area contributed by atoms with Crippen molar-refractivity contribution in [2.45, 2.75) is 38.6 Å². The fourth-order valence-corrected chi connectivity index (χ4v) is 2.87. The van der Waals surface area contributed by atoms with E-state index in [1.807, 2.05) is 12.3 Å². The molecule has 6 heteroatoms. The smallest absolute Gasteiger partial charge is 0.227 e. The Labute approximate surface area is 131 Å². The highest BCUT2D eigenvalue weighted by atomic mass is 15.2. The van der Waals surface area contributed by atoms with Gasteiger partial charge in [0.05, 0.1) is 23.8 Å². The Morgan fingerprint density at radius 1 is 1.27 bits per heavy atom. The summed E-state index contributed by atoms with van der Waals surface area (Å²) < 4.78 is 0. The summed E-state index contributed by atoms with van der Waals surface area (Å²) in [6.07, 6.45) is 9.16. The number of anilines is 2. The Balaban J connectivity index is 1.73. The SMILES string of the molecule is CC(C)N1CCCC(c2ccnc(Nc3cncnc3)n2)C1. The molecule has 0 aromatic carbocycles. The van der Waals surface area contributed by atoms with Gasteiger partial charge in [-0.1, -0.05) is 0 Å². The second-order valence-electron chi connectivity index (χ2n) is 5.99. The molecule has 1 fully saturated rings. The van der Waals surface area contributed by atoms with Gasteiger partial charge in [-0.3, -0.25) is 0 Å². The summed E-state index contributed by atoms with van der Waals surface area (Å²) >= 11 is 0. The number of piperidine rings is 1. The molecule has 0 saturated carbocycles. The molecule has 1 aliphatic rings. The van der Waals surface area contributed by atoms with Gasteiger partial charge < -0.3 is 10.2 Å². The molecule has 0 radical (unpaired) electrons. The van der Waals surface area contributed by atoms with Crippen LogP contribution in [0.1, 0.15) is 38.3 Å². The molecule has 1 N–H and O–H groups in total. The van der Waals surface area contributed by atoms with Crippen LogP contribution in [0.25, 0.3) is 0 Å². The Hall–Kier alpha value is -2.08. The summed E-state index contributed by atoms with van der Waals surface area (Å²) in [5, 5.41) is 3.16. The van der Waals surface area contributed by atoms with E-state index in [1.54, 1.807) is 12.4 Å². The largest absolute Gasteiger partial charge is 0.322 e. The number of nitrogens with one attached hydrogen (secondary N) is 1. The van der Waals surface area contributed by atoms with Crippen molar-refractivity contribution >= 4 is 11.6 Å². The predicted octanol–water partition coefficient (Wildman–Crippen LogP) is 2.60. The maximum absolute atomic E-state index is 4.68. The highest BCUT2D eigenvalue weighted by molar-refractivity contribution is 5.49. The molecule has 2 aromatic rings. The maximum atomic E-state index is 4.68. The van der Waals surface area contributed by atoms with Crippen molar-refractivity contribution in [1.29, 1.82) is 0 Å². The molecular weight excluding hydrogens is 276 g/mol. The number of rotatable bonds is 4. The van der Waals surface area contributed by atoms with Crippen LogP contribution in [-0.2, 0) is 0 Å². The van der Waals surface area contributed by atoms with E-state index in [9.17, 15) is 0 Å². The van der Waals surface area contributed by atoms with E-state index in [0.717, 1.165) is 17.9 Å². The summed E-state index contributed by atoms with van der Waals surface area (Å²) in [6, 6.07) is 2.62. The molecular formula is C16H22N6. The highest BCUT2D eigenvalue weighted by Crippen LogP contribution is 2.27. The minimum Gasteiger partial charge on any atom is -0.322 e. The van der Waals surface area contributed by atoms with Crippen LogP contribution in [0.3, 0.4) is 0 Å². The van der Waals surface area contributed by atoms with Gasteiger partial charge in [0.15, 0.2) is 0 Å². The van der Waals surface area contributed by atoms with Crippen molar-refractivity contribution in [1.82, 2.24) is 24.8 Å². The van der Waals surface area contributed by atoms with E-state index in [4.69, 9.17) is 0 Å². The summed E-state index contributed by atoms with van der Waals surface area (Å²) in [5.41, 5.74) is 1.91. The third-order valence-corrected chi connectivity index (χ3v) is 4.10. The third-order valence-electron chi connectivity index (χ3n) is 4.10. The first-order valence-corrected chi connectivity index (χ1v) is 7.81. The van der Waals surface area contributed by atoms with Crippen molar-refractivity contribution in [3.63, 3.8) is 0 Å². The van der Waals surface area contributed by atoms with Crippen LogP contribution in [-0.4, -0.2) is 44.0 Å². The van der Waals surface area contributed by atoms with E-state index in [1.165, 1.54) is 25.7 Å². The molecule has 3 heterocycles. The van der Waals surface area contributed by atoms with E-state index < -0.39 is 0 Å². The molecule has 1 saturated heterocycles. The molecule has 3 rings (SSSR count). The second kappa shape index (κ2) is 6.79. The van der Waals surface area contributed by atoms with Crippen LogP contribution < -0.4 is 5.32 Å². The third kappa shape index (κ3) is 3.57. The zero-order valence-electron chi connectivity index (χ0n) is 13.1. The summed E-state index contributed by atoms with van der Waals surface area (Å²) in [5.74, 6) is 1.08. The zero-order valence-corrected chi connectivity index (χ0v) is 13.1. The first-order valence-electron chi connectivity index (χ1n) is 7.81. The Morgan fingerprint density at radius 2 is 2.09 bits per heavy atom. The van der Waals surface area contributed by atoms with Gasteiger partial charge in [0.2, 0.25) is 5.95 Å².